The highest BCUT2D eigenvalue weighted by Gasteiger charge is 2.35. The largest absolute Gasteiger partial charge is 0.416 e. The summed E-state index contributed by atoms with van der Waals surface area (Å²) in [5, 5.41) is 2.61. The van der Waals surface area contributed by atoms with Crippen molar-refractivity contribution in [1.29, 1.82) is 0 Å². The Morgan fingerprint density at radius 2 is 2.21 bits per heavy atom. The highest BCUT2D eigenvalue weighted by atomic mass is 19.4. The number of halogens is 3. The summed E-state index contributed by atoms with van der Waals surface area (Å²) in [4.78, 5) is 25.1. The van der Waals surface area contributed by atoms with E-state index in [1.54, 1.807) is 0 Å². The molecule has 1 aliphatic heterocycles. The van der Waals surface area contributed by atoms with E-state index in [1.165, 1.54) is 24.1 Å². The highest BCUT2D eigenvalue weighted by Crippen LogP contribution is 2.32. The first-order valence-electron chi connectivity index (χ1n) is 7.25. The molecule has 2 atom stereocenters. The van der Waals surface area contributed by atoms with Gasteiger partial charge >= 0.3 is 6.18 Å². The zero-order valence-corrected chi connectivity index (χ0v) is 13.0. The van der Waals surface area contributed by atoms with Crippen LogP contribution >= 0.6 is 0 Å². The zero-order valence-electron chi connectivity index (χ0n) is 13.0. The van der Waals surface area contributed by atoms with Gasteiger partial charge in [0, 0.05) is 25.8 Å². The summed E-state index contributed by atoms with van der Waals surface area (Å²) in [6.07, 6.45) is -4.49. The Morgan fingerprint density at radius 1 is 1.50 bits per heavy atom. The molecule has 2 unspecified atom stereocenters. The van der Waals surface area contributed by atoms with Crippen LogP contribution in [0.2, 0.25) is 0 Å². The topological polar surface area (TPSA) is 84.7 Å². The number of hydrogen-bond donors (Lipinski definition) is 2. The standard InChI is InChI=1S/C15H18F3N3O3/c1-24-8-12(19)14(23)20-10-6-13(22)21(7-10)11-4-2-3-9(5-11)15(16,17)18/h2-5,10,12H,6-8,19H2,1H3,(H,20,23). The predicted octanol–water partition coefficient (Wildman–Crippen LogP) is 0.901. The lowest BCUT2D eigenvalue weighted by molar-refractivity contribution is -0.137. The minimum Gasteiger partial charge on any atom is -0.383 e. The van der Waals surface area contributed by atoms with E-state index in [0.717, 1.165) is 12.1 Å². The first-order valence-corrected chi connectivity index (χ1v) is 7.25. The number of alkyl halides is 3. The summed E-state index contributed by atoms with van der Waals surface area (Å²) in [5.74, 6) is -0.833. The molecule has 0 saturated carbocycles. The Labute approximate surface area is 136 Å². The van der Waals surface area contributed by atoms with E-state index in [0.29, 0.717) is 0 Å². The Balaban J connectivity index is 2.06. The third-order valence-electron chi connectivity index (χ3n) is 3.64. The molecule has 1 fully saturated rings. The van der Waals surface area contributed by atoms with Gasteiger partial charge in [0.05, 0.1) is 18.2 Å². The summed E-state index contributed by atoms with van der Waals surface area (Å²) in [6.45, 7) is 0.120. The first kappa shape index (κ1) is 18.2. The van der Waals surface area contributed by atoms with Gasteiger partial charge in [0.15, 0.2) is 0 Å². The van der Waals surface area contributed by atoms with Gasteiger partial charge in [-0.25, -0.2) is 0 Å². The van der Waals surface area contributed by atoms with E-state index in [4.69, 9.17) is 10.5 Å². The number of benzene rings is 1. The fourth-order valence-corrected chi connectivity index (χ4v) is 2.47. The van der Waals surface area contributed by atoms with Crippen molar-refractivity contribution in [1.82, 2.24) is 5.32 Å². The summed E-state index contributed by atoms with van der Waals surface area (Å²) in [6, 6.07) is 3.14. The predicted molar refractivity (Wildman–Crippen MR) is 80.2 cm³/mol. The molecule has 1 aliphatic rings. The smallest absolute Gasteiger partial charge is 0.383 e. The van der Waals surface area contributed by atoms with Gasteiger partial charge in [-0.05, 0) is 18.2 Å². The summed E-state index contributed by atoms with van der Waals surface area (Å²) < 4.78 is 43.1. The van der Waals surface area contributed by atoms with E-state index >= 15 is 0 Å². The number of methoxy groups -OCH3 is 1. The van der Waals surface area contributed by atoms with Crippen molar-refractivity contribution in [2.45, 2.75) is 24.7 Å². The molecule has 2 amide bonds. The number of nitrogens with one attached hydrogen (secondary N) is 1. The van der Waals surface area contributed by atoms with Gasteiger partial charge in [0.25, 0.3) is 0 Å². The number of hydrogen-bond acceptors (Lipinski definition) is 4. The minimum atomic E-state index is -4.49. The summed E-state index contributed by atoms with van der Waals surface area (Å²) in [5.41, 5.74) is 4.91. The first-order chi connectivity index (χ1) is 11.2. The molecule has 1 heterocycles. The van der Waals surface area contributed by atoms with Crippen LogP contribution in [0.15, 0.2) is 24.3 Å². The molecule has 0 radical (unpaired) electrons. The Bertz CT molecular complexity index is 621. The minimum absolute atomic E-state index is 0.00167. The molecular weight excluding hydrogens is 327 g/mol. The van der Waals surface area contributed by atoms with Crippen LogP contribution in [0.3, 0.4) is 0 Å². The molecule has 3 N–H and O–H groups in total. The van der Waals surface area contributed by atoms with E-state index in [1.807, 2.05) is 0 Å². The highest BCUT2D eigenvalue weighted by molar-refractivity contribution is 5.97. The number of nitrogens with two attached hydrogens (primary N) is 1. The second kappa shape index (κ2) is 7.18. The van der Waals surface area contributed by atoms with Gasteiger partial charge < -0.3 is 20.7 Å². The van der Waals surface area contributed by atoms with Gasteiger partial charge in [-0.1, -0.05) is 6.07 Å². The van der Waals surface area contributed by atoms with Crippen LogP contribution < -0.4 is 16.0 Å². The van der Waals surface area contributed by atoms with Crippen molar-refractivity contribution in [3.8, 4) is 0 Å². The molecule has 0 aliphatic carbocycles. The SMILES string of the molecule is COCC(N)C(=O)NC1CC(=O)N(c2cccc(C(F)(F)F)c2)C1. The lowest BCUT2D eigenvalue weighted by Gasteiger charge is -2.19. The van der Waals surface area contributed by atoms with Crippen LogP contribution in [0.25, 0.3) is 0 Å². The molecule has 1 aromatic carbocycles. The maximum Gasteiger partial charge on any atom is 0.416 e. The molecule has 0 bridgehead atoms. The van der Waals surface area contributed by atoms with Crippen molar-refractivity contribution in [3.05, 3.63) is 29.8 Å². The van der Waals surface area contributed by atoms with Crippen LogP contribution in [0, 0.1) is 0 Å². The van der Waals surface area contributed by atoms with Gasteiger partial charge in [-0.2, -0.15) is 13.2 Å². The van der Waals surface area contributed by atoms with Gasteiger partial charge in [-0.3, -0.25) is 9.59 Å². The van der Waals surface area contributed by atoms with E-state index < -0.39 is 29.7 Å². The number of amides is 2. The molecule has 9 heteroatoms. The number of rotatable bonds is 5. The zero-order chi connectivity index (χ0) is 17.9. The number of nitrogens with zero attached hydrogens (tertiary/aromatic N) is 1. The number of ether oxygens (including phenoxy) is 1. The van der Waals surface area contributed by atoms with E-state index in [2.05, 4.69) is 5.32 Å². The van der Waals surface area contributed by atoms with Gasteiger partial charge in [0.2, 0.25) is 11.8 Å². The Kier molecular flexibility index (Phi) is 5.45. The molecule has 2 rings (SSSR count). The quantitative estimate of drug-likeness (QED) is 0.830. The van der Waals surface area contributed by atoms with Crippen LogP contribution in [0.1, 0.15) is 12.0 Å². The number of carbonyl (C=O) groups excluding carboxylic acids is 2. The average Bonchev–Trinajstić information content (AvgIpc) is 2.87. The molecule has 132 valence electrons. The summed E-state index contributed by atoms with van der Waals surface area (Å²) in [7, 11) is 1.40. The lowest BCUT2D eigenvalue weighted by atomic mass is 10.2. The number of anilines is 1. The van der Waals surface area contributed by atoms with Crippen LogP contribution in [-0.2, 0) is 20.5 Å². The maximum atomic E-state index is 12.8. The van der Waals surface area contributed by atoms with Crippen LogP contribution in [0.5, 0.6) is 0 Å². The summed E-state index contributed by atoms with van der Waals surface area (Å²) >= 11 is 0. The third-order valence-corrected chi connectivity index (χ3v) is 3.64. The monoisotopic (exact) mass is 345 g/mol. The molecule has 0 spiro atoms. The molecule has 0 aromatic heterocycles. The van der Waals surface area contributed by atoms with E-state index in [9.17, 15) is 22.8 Å². The molecular formula is C15H18F3N3O3. The van der Waals surface area contributed by atoms with Crippen LogP contribution in [-0.4, -0.2) is 44.2 Å². The van der Waals surface area contributed by atoms with E-state index in [-0.39, 0.29) is 31.2 Å². The molecule has 24 heavy (non-hydrogen) atoms. The second-order valence-electron chi connectivity index (χ2n) is 5.52. The van der Waals surface area contributed by atoms with Crippen molar-refractivity contribution in [2.75, 3.05) is 25.2 Å². The van der Waals surface area contributed by atoms with Crippen LogP contribution in [0.4, 0.5) is 18.9 Å². The normalized spacial score (nSPS) is 19.5. The Hall–Kier alpha value is -2.13. The second-order valence-corrected chi connectivity index (χ2v) is 5.52. The molecule has 6 nitrogen and oxygen atoms in total. The van der Waals surface area contributed by atoms with Crippen molar-refractivity contribution < 1.29 is 27.5 Å². The molecule has 1 aromatic rings. The average molecular weight is 345 g/mol. The third kappa shape index (κ3) is 4.24. The van der Waals surface area contributed by atoms with Gasteiger partial charge in [0.1, 0.15) is 6.04 Å². The molecule has 1 saturated heterocycles. The fourth-order valence-electron chi connectivity index (χ4n) is 2.47. The Morgan fingerprint density at radius 3 is 2.83 bits per heavy atom. The maximum absolute atomic E-state index is 12.8. The van der Waals surface area contributed by atoms with Crippen molar-refractivity contribution in [3.63, 3.8) is 0 Å². The van der Waals surface area contributed by atoms with Crippen molar-refractivity contribution >= 4 is 17.5 Å². The number of carbonyl (C=O) groups is 2. The van der Waals surface area contributed by atoms with Gasteiger partial charge in [-0.15, -0.1) is 0 Å². The lowest BCUT2D eigenvalue weighted by Crippen LogP contribution is -2.48. The van der Waals surface area contributed by atoms with Crippen molar-refractivity contribution in [2.24, 2.45) is 5.73 Å². The fraction of sp³-hybridized carbons (Fsp3) is 0.467.